The van der Waals surface area contributed by atoms with Crippen molar-refractivity contribution >= 4 is 22.9 Å². The number of aliphatic hydroxyl groups excluding tert-OH is 1. The summed E-state index contributed by atoms with van der Waals surface area (Å²) in [6.45, 7) is 9.99. The molecule has 2 aromatic rings. The van der Waals surface area contributed by atoms with Crippen LogP contribution in [0.25, 0.3) is 11.1 Å². The van der Waals surface area contributed by atoms with Crippen LogP contribution >= 0.6 is 0 Å². The van der Waals surface area contributed by atoms with Crippen molar-refractivity contribution in [2.75, 3.05) is 6.54 Å². The first-order chi connectivity index (χ1) is 13.6. The van der Waals surface area contributed by atoms with Gasteiger partial charge in [0.25, 0.3) is 5.91 Å². The quantitative estimate of drug-likeness (QED) is 0.592. The lowest BCUT2D eigenvalue weighted by atomic mass is 9.91. The Morgan fingerprint density at radius 2 is 1.57 bits per heavy atom. The average molecular weight is 376 g/mol. The lowest BCUT2D eigenvalue weighted by molar-refractivity contribution is -0.142. The molecule has 0 radical (unpaired) electrons. The number of allylic oxidation sites excluding steroid dienone is 1. The van der Waals surface area contributed by atoms with Gasteiger partial charge in [0, 0.05) is 6.54 Å². The van der Waals surface area contributed by atoms with Gasteiger partial charge in [0.2, 0.25) is 0 Å². The molecule has 0 bridgehead atoms. The molecule has 0 atom stereocenters. The summed E-state index contributed by atoms with van der Waals surface area (Å²) in [7, 11) is 0. The summed E-state index contributed by atoms with van der Waals surface area (Å²) in [5.74, 6) is -0.832. The lowest BCUT2D eigenvalue weighted by Crippen LogP contribution is -2.41. The minimum Gasteiger partial charge on any atom is -0.506 e. The molecule has 1 heterocycles. The van der Waals surface area contributed by atoms with Crippen LogP contribution in [0, 0.1) is 0 Å². The number of nitrogens with zero attached hydrogens (tertiary/aromatic N) is 2. The van der Waals surface area contributed by atoms with Crippen molar-refractivity contribution < 1.29 is 15.1 Å². The number of hydrogen-bond acceptors (Lipinski definition) is 4. The zero-order chi connectivity index (χ0) is 20.7. The SMILES string of the molecule is C=C.CCN=C1/C(=C(\C)c2ccccc2)C(O)=C(c2ccccc2)C(=O)N1O. The molecule has 144 valence electrons. The van der Waals surface area contributed by atoms with Gasteiger partial charge in [-0.15, -0.1) is 13.2 Å². The molecule has 0 aromatic heterocycles. The molecule has 1 aliphatic rings. The van der Waals surface area contributed by atoms with E-state index in [1.54, 1.807) is 31.2 Å². The molecule has 2 N–H and O–H groups in total. The van der Waals surface area contributed by atoms with Crippen molar-refractivity contribution in [3.63, 3.8) is 0 Å². The van der Waals surface area contributed by atoms with E-state index in [0.29, 0.717) is 22.7 Å². The first-order valence-electron chi connectivity index (χ1n) is 8.89. The molecule has 1 aliphatic heterocycles. The highest BCUT2D eigenvalue weighted by atomic mass is 16.5. The predicted octanol–water partition coefficient (Wildman–Crippen LogP) is 4.88. The summed E-state index contributed by atoms with van der Waals surface area (Å²) in [5, 5.41) is 22.0. The van der Waals surface area contributed by atoms with Crippen molar-refractivity contribution in [3.05, 3.63) is 96.3 Å². The highest BCUT2D eigenvalue weighted by Gasteiger charge is 2.37. The molecular weight excluding hydrogens is 352 g/mol. The zero-order valence-electron chi connectivity index (χ0n) is 16.1. The van der Waals surface area contributed by atoms with Gasteiger partial charge >= 0.3 is 0 Å². The molecule has 0 saturated heterocycles. The highest BCUT2D eigenvalue weighted by Crippen LogP contribution is 2.34. The molecule has 2 aromatic carbocycles. The van der Waals surface area contributed by atoms with E-state index in [1.165, 1.54) is 0 Å². The number of hydroxylamine groups is 2. The van der Waals surface area contributed by atoms with E-state index < -0.39 is 5.91 Å². The summed E-state index contributed by atoms with van der Waals surface area (Å²) in [4.78, 5) is 16.9. The van der Waals surface area contributed by atoms with Crippen LogP contribution < -0.4 is 0 Å². The third-order valence-corrected chi connectivity index (χ3v) is 4.26. The molecule has 0 aliphatic carbocycles. The summed E-state index contributed by atoms with van der Waals surface area (Å²) in [5.41, 5.74) is 2.51. The van der Waals surface area contributed by atoms with Crippen molar-refractivity contribution in [2.45, 2.75) is 13.8 Å². The van der Waals surface area contributed by atoms with Crippen molar-refractivity contribution in [1.82, 2.24) is 5.06 Å². The Balaban J connectivity index is 0.00000136. The number of benzene rings is 2. The van der Waals surface area contributed by atoms with Gasteiger partial charge in [0.1, 0.15) is 5.76 Å². The third-order valence-electron chi connectivity index (χ3n) is 4.26. The van der Waals surface area contributed by atoms with Crippen molar-refractivity contribution in [2.24, 2.45) is 4.99 Å². The topological polar surface area (TPSA) is 73.1 Å². The highest BCUT2D eigenvalue weighted by molar-refractivity contribution is 6.32. The van der Waals surface area contributed by atoms with Crippen LogP contribution in [0.3, 0.4) is 0 Å². The van der Waals surface area contributed by atoms with Crippen molar-refractivity contribution in [3.8, 4) is 0 Å². The van der Waals surface area contributed by atoms with E-state index in [2.05, 4.69) is 18.2 Å². The van der Waals surface area contributed by atoms with Gasteiger partial charge in [0.05, 0.1) is 11.1 Å². The fourth-order valence-electron chi connectivity index (χ4n) is 2.98. The van der Waals surface area contributed by atoms with E-state index in [0.717, 1.165) is 11.1 Å². The Kier molecular flexibility index (Phi) is 7.07. The molecule has 5 heteroatoms. The average Bonchev–Trinajstić information content (AvgIpc) is 2.75. The number of carbonyl (C=O) groups excluding carboxylic acids is 1. The first-order valence-corrected chi connectivity index (χ1v) is 8.89. The molecule has 0 spiro atoms. The van der Waals surface area contributed by atoms with Crippen LogP contribution in [0.1, 0.15) is 25.0 Å². The van der Waals surface area contributed by atoms with Crippen LogP contribution in [0.4, 0.5) is 0 Å². The molecular formula is C23H24N2O3. The summed E-state index contributed by atoms with van der Waals surface area (Å²) in [6, 6.07) is 18.3. The van der Waals surface area contributed by atoms with Gasteiger partial charge in [-0.3, -0.25) is 15.0 Å². The Labute approximate surface area is 165 Å². The second-order valence-electron chi connectivity index (χ2n) is 5.87. The monoisotopic (exact) mass is 376 g/mol. The Morgan fingerprint density at radius 3 is 2.11 bits per heavy atom. The first kappa shape index (κ1) is 20.9. The van der Waals surface area contributed by atoms with Gasteiger partial charge in [-0.1, -0.05) is 60.7 Å². The Bertz CT molecular complexity index is 929. The summed E-state index contributed by atoms with van der Waals surface area (Å²) in [6.07, 6.45) is 0. The second-order valence-corrected chi connectivity index (χ2v) is 5.87. The van der Waals surface area contributed by atoms with Crippen LogP contribution in [-0.4, -0.2) is 33.7 Å². The number of aliphatic hydroxyl groups is 1. The minimum absolute atomic E-state index is 0.0495. The maximum absolute atomic E-state index is 12.7. The van der Waals surface area contributed by atoms with E-state index in [1.807, 2.05) is 43.3 Å². The Morgan fingerprint density at radius 1 is 1.04 bits per heavy atom. The molecule has 1 amide bonds. The number of aliphatic imine (C=N–C) groups is 1. The molecule has 28 heavy (non-hydrogen) atoms. The number of hydrogen-bond donors (Lipinski definition) is 2. The van der Waals surface area contributed by atoms with Crippen LogP contribution in [0.15, 0.2) is 90.1 Å². The maximum Gasteiger partial charge on any atom is 0.287 e. The fourth-order valence-corrected chi connectivity index (χ4v) is 2.98. The lowest BCUT2D eigenvalue weighted by Gasteiger charge is -2.28. The minimum atomic E-state index is -0.703. The van der Waals surface area contributed by atoms with E-state index >= 15 is 0 Å². The second kappa shape index (κ2) is 9.48. The number of rotatable bonds is 3. The Hall–Kier alpha value is -3.44. The number of carbonyl (C=O) groups is 1. The zero-order valence-corrected chi connectivity index (χ0v) is 16.1. The van der Waals surface area contributed by atoms with E-state index in [-0.39, 0.29) is 17.2 Å². The van der Waals surface area contributed by atoms with Crippen LogP contribution in [-0.2, 0) is 4.79 Å². The van der Waals surface area contributed by atoms with E-state index in [9.17, 15) is 15.1 Å². The smallest absolute Gasteiger partial charge is 0.287 e. The van der Waals surface area contributed by atoms with Crippen LogP contribution in [0.5, 0.6) is 0 Å². The molecule has 0 fully saturated rings. The van der Waals surface area contributed by atoms with Gasteiger partial charge in [-0.25, -0.2) is 0 Å². The number of amides is 1. The van der Waals surface area contributed by atoms with Gasteiger partial charge in [0.15, 0.2) is 5.84 Å². The predicted molar refractivity (Wildman–Crippen MR) is 113 cm³/mol. The van der Waals surface area contributed by atoms with Gasteiger partial charge in [-0.2, -0.15) is 5.06 Å². The largest absolute Gasteiger partial charge is 0.506 e. The van der Waals surface area contributed by atoms with Crippen LogP contribution in [0.2, 0.25) is 0 Å². The fraction of sp³-hybridized carbons (Fsp3) is 0.130. The summed E-state index contributed by atoms with van der Waals surface area (Å²) >= 11 is 0. The molecule has 0 saturated carbocycles. The summed E-state index contributed by atoms with van der Waals surface area (Å²) < 4.78 is 0. The molecule has 0 unspecified atom stereocenters. The number of amidine groups is 1. The normalized spacial score (nSPS) is 17.3. The standard InChI is InChI=1S/C21H20N2O3.C2H4/c1-3-22-20-17(14(2)15-10-6-4-7-11-15)19(24)18(21(25)23(20)26)16-12-8-5-9-13-16;1-2/h4-13,24,26H,3H2,1-2H3;1-2H2/b17-14+,22-20?;. The molecule has 3 rings (SSSR count). The van der Waals surface area contributed by atoms with Gasteiger partial charge < -0.3 is 5.11 Å². The third kappa shape index (κ3) is 3.94. The van der Waals surface area contributed by atoms with Crippen molar-refractivity contribution in [1.29, 1.82) is 0 Å². The van der Waals surface area contributed by atoms with Gasteiger partial charge in [-0.05, 0) is 30.5 Å². The maximum atomic E-state index is 12.7. The van der Waals surface area contributed by atoms with E-state index in [4.69, 9.17) is 0 Å². The molecule has 5 nitrogen and oxygen atoms in total.